The summed E-state index contributed by atoms with van der Waals surface area (Å²) >= 11 is 0. The molecule has 0 unspecified atom stereocenters. The van der Waals surface area contributed by atoms with Gasteiger partial charge in [0.25, 0.3) is 0 Å². The minimum absolute atomic E-state index is 0.191. The minimum Gasteiger partial charge on any atom is -0.385 e. The molecular weight excluding hydrogens is 170 g/mol. The van der Waals surface area contributed by atoms with Gasteiger partial charge in [-0.05, 0) is 13.3 Å². The van der Waals surface area contributed by atoms with Crippen molar-refractivity contribution in [2.45, 2.75) is 25.8 Å². The first-order chi connectivity index (χ1) is 6.24. The molecule has 0 radical (unpaired) electrons. The van der Waals surface area contributed by atoms with Crippen LogP contribution in [0.1, 0.15) is 31.1 Å². The Bertz CT molecular complexity index is 247. The van der Waals surface area contributed by atoms with E-state index in [1.807, 2.05) is 6.92 Å². The van der Waals surface area contributed by atoms with Crippen LogP contribution < -0.4 is 5.73 Å². The van der Waals surface area contributed by atoms with Crippen LogP contribution in [0.3, 0.4) is 0 Å². The largest absolute Gasteiger partial charge is 0.385 e. The molecule has 5 heteroatoms. The molecule has 1 rings (SSSR count). The summed E-state index contributed by atoms with van der Waals surface area (Å²) in [4.78, 5) is 4.12. The molecule has 0 spiro atoms. The van der Waals surface area contributed by atoms with Gasteiger partial charge in [0.15, 0.2) is 5.82 Å². The molecule has 5 nitrogen and oxygen atoms in total. The van der Waals surface area contributed by atoms with Crippen molar-refractivity contribution in [3.63, 3.8) is 0 Å². The van der Waals surface area contributed by atoms with E-state index in [1.165, 1.54) is 0 Å². The molecule has 1 atom stereocenters. The highest BCUT2D eigenvalue weighted by molar-refractivity contribution is 4.90. The van der Waals surface area contributed by atoms with Gasteiger partial charge in [0, 0.05) is 20.1 Å². The lowest BCUT2D eigenvalue weighted by Crippen LogP contribution is -2.05. The molecule has 1 heterocycles. The number of aryl methyl sites for hydroxylation is 1. The van der Waals surface area contributed by atoms with Gasteiger partial charge in [0.1, 0.15) is 0 Å². The second-order valence-electron chi connectivity index (χ2n) is 2.93. The second-order valence-corrected chi connectivity index (χ2v) is 2.93. The van der Waals surface area contributed by atoms with Crippen molar-refractivity contribution >= 4 is 0 Å². The molecule has 74 valence electrons. The maximum atomic E-state index is 5.56. The van der Waals surface area contributed by atoms with Crippen molar-refractivity contribution < 1.29 is 9.26 Å². The third-order valence-electron chi connectivity index (χ3n) is 1.62. The summed E-state index contributed by atoms with van der Waals surface area (Å²) in [5, 5.41) is 3.79. The lowest BCUT2D eigenvalue weighted by Gasteiger charge is -1.94. The average molecular weight is 185 g/mol. The Morgan fingerprint density at radius 2 is 2.38 bits per heavy atom. The van der Waals surface area contributed by atoms with Crippen LogP contribution in [0, 0.1) is 0 Å². The second kappa shape index (κ2) is 4.94. The van der Waals surface area contributed by atoms with Crippen molar-refractivity contribution in [2.75, 3.05) is 13.7 Å². The normalized spacial score (nSPS) is 13.2. The van der Waals surface area contributed by atoms with Crippen molar-refractivity contribution in [1.29, 1.82) is 0 Å². The van der Waals surface area contributed by atoms with Gasteiger partial charge in [0.05, 0.1) is 6.04 Å². The Labute approximate surface area is 77.3 Å². The molecule has 2 N–H and O–H groups in total. The summed E-state index contributed by atoms with van der Waals surface area (Å²) in [5.74, 6) is 1.19. The number of methoxy groups -OCH3 is 1. The zero-order chi connectivity index (χ0) is 9.68. The number of rotatable bonds is 5. The van der Waals surface area contributed by atoms with Crippen molar-refractivity contribution in [1.82, 2.24) is 10.1 Å². The van der Waals surface area contributed by atoms with Crippen LogP contribution in [0.4, 0.5) is 0 Å². The SMILES string of the molecule is COCCCc1noc([C@H](C)N)n1. The Balaban J connectivity index is 2.40. The van der Waals surface area contributed by atoms with E-state index in [4.69, 9.17) is 15.0 Å². The number of hydrogen-bond donors (Lipinski definition) is 1. The van der Waals surface area contributed by atoms with Crippen LogP contribution in [-0.4, -0.2) is 23.9 Å². The molecule has 1 aromatic rings. The van der Waals surface area contributed by atoms with Crippen LogP contribution >= 0.6 is 0 Å². The van der Waals surface area contributed by atoms with Gasteiger partial charge in [-0.3, -0.25) is 0 Å². The lowest BCUT2D eigenvalue weighted by molar-refractivity contribution is 0.194. The van der Waals surface area contributed by atoms with Gasteiger partial charge in [0.2, 0.25) is 5.89 Å². The van der Waals surface area contributed by atoms with E-state index >= 15 is 0 Å². The molecule has 0 aromatic carbocycles. The molecule has 0 amide bonds. The first-order valence-corrected chi connectivity index (χ1v) is 4.31. The van der Waals surface area contributed by atoms with Crippen molar-refractivity contribution in [2.24, 2.45) is 5.73 Å². The molecule has 0 saturated carbocycles. The molecular formula is C8H15N3O2. The Hall–Kier alpha value is -0.940. The first-order valence-electron chi connectivity index (χ1n) is 4.31. The predicted octanol–water partition coefficient (Wildman–Crippen LogP) is 0.668. The lowest BCUT2D eigenvalue weighted by atomic mass is 10.3. The molecule has 0 bridgehead atoms. The summed E-state index contributed by atoms with van der Waals surface area (Å²) < 4.78 is 9.84. The van der Waals surface area contributed by atoms with E-state index < -0.39 is 0 Å². The van der Waals surface area contributed by atoms with E-state index in [0.717, 1.165) is 12.8 Å². The summed E-state index contributed by atoms with van der Waals surface area (Å²) in [6, 6.07) is -0.191. The monoisotopic (exact) mass is 185 g/mol. The van der Waals surface area contributed by atoms with E-state index in [0.29, 0.717) is 18.3 Å². The molecule has 13 heavy (non-hydrogen) atoms. The Morgan fingerprint density at radius 1 is 1.62 bits per heavy atom. The van der Waals surface area contributed by atoms with E-state index in [2.05, 4.69) is 10.1 Å². The third-order valence-corrected chi connectivity index (χ3v) is 1.62. The van der Waals surface area contributed by atoms with Crippen molar-refractivity contribution in [3.05, 3.63) is 11.7 Å². The zero-order valence-electron chi connectivity index (χ0n) is 7.99. The quantitative estimate of drug-likeness (QED) is 0.682. The van der Waals surface area contributed by atoms with E-state index in [-0.39, 0.29) is 6.04 Å². The van der Waals surface area contributed by atoms with Crippen LogP contribution in [0.5, 0.6) is 0 Å². The fourth-order valence-electron chi connectivity index (χ4n) is 0.929. The number of hydrogen-bond acceptors (Lipinski definition) is 5. The van der Waals surface area contributed by atoms with E-state index in [9.17, 15) is 0 Å². The number of ether oxygens (including phenoxy) is 1. The fourth-order valence-corrected chi connectivity index (χ4v) is 0.929. The van der Waals surface area contributed by atoms with Gasteiger partial charge >= 0.3 is 0 Å². The summed E-state index contributed by atoms with van der Waals surface area (Å²) in [7, 11) is 1.67. The highest BCUT2D eigenvalue weighted by Crippen LogP contribution is 2.06. The predicted molar refractivity (Wildman–Crippen MR) is 47.1 cm³/mol. The van der Waals surface area contributed by atoms with Crippen LogP contribution in [0.15, 0.2) is 4.52 Å². The fraction of sp³-hybridized carbons (Fsp3) is 0.750. The van der Waals surface area contributed by atoms with Gasteiger partial charge < -0.3 is 15.0 Å². The maximum absolute atomic E-state index is 5.56. The number of nitrogens with zero attached hydrogens (tertiary/aromatic N) is 2. The third kappa shape index (κ3) is 3.12. The van der Waals surface area contributed by atoms with Gasteiger partial charge in [-0.25, -0.2) is 0 Å². The Morgan fingerprint density at radius 3 is 2.92 bits per heavy atom. The number of aromatic nitrogens is 2. The minimum atomic E-state index is -0.191. The molecule has 0 aliphatic heterocycles. The van der Waals surface area contributed by atoms with Gasteiger partial charge in [-0.2, -0.15) is 4.98 Å². The van der Waals surface area contributed by atoms with Gasteiger partial charge in [-0.15, -0.1) is 0 Å². The summed E-state index contributed by atoms with van der Waals surface area (Å²) in [6.07, 6.45) is 1.67. The standard InChI is InChI=1S/C8H15N3O2/c1-6(9)8-10-7(11-13-8)4-3-5-12-2/h6H,3-5,9H2,1-2H3/t6-/m0/s1. The Kier molecular flexibility index (Phi) is 3.85. The van der Waals surface area contributed by atoms with Gasteiger partial charge in [-0.1, -0.05) is 5.16 Å². The zero-order valence-corrected chi connectivity index (χ0v) is 7.99. The first kappa shape index (κ1) is 10.1. The summed E-state index contributed by atoms with van der Waals surface area (Å²) in [6.45, 7) is 2.52. The van der Waals surface area contributed by atoms with Crippen LogP contribution in [0.25, 0.3) is 0 Å². The van der Waals surface area contributed by atoms with Crippen LogP contribution in [-0.2, 0) is 11.2 Å². The smallest absolute Gasteiger partial charge is 0.243 e. The van der Waals surface area contributed by atoms with E-state index in [1.54, 1.807) is 7.11 Å². The molecule has 0 aliphatic carbocycles. The molecule has 0 saturated heterocycles. The van der Waals surface area contributed by atoms with Crippen LogP contribution in [0.2, 0.25) is 0 Å². The highest BCUT2D eigenvalue weighted by atomic mass is 16.5. The number of nitrogens with two attached hydrogens (primary N) is 1. The molecule has 0 fully saturated rings. The molecule has 1 aromatic heterocycles. The average Bonchev–Trinajstić information content (AvgIpc) is 2.53. The molecule has 0 aliphatic rings. The van der Waals surface area contributed by atoms with Crippen molar-refractivity contribution in [3.8, 4) is 0 Å². The topological polar surface area (TPSA) is 74.2 Å². The highest BCUT2D eigenvalue weighted by Gasteiger charge is 2.09. The maximum Gasteiger partial charge on any atom is 0.243 e. The summed E-state index contributed by atoms with van der Waals surface area (Å²) in [5.41, 5.74) is 5.56.